The number of hydrogen-bond acceptors (Lipinski definition) is 1. The third kappa shape index (κ3) is 1.84. The summed E-state index contributed by atoms with van der Waals surface area (Å²) in [6, 6.07) is 4.44. The summed E-state index contributed by atoms with van der Waals surface area (Å²) in [7, 11) is 1.57. The lowest BCUT2D eigenvalue weighted by Gasteiger charge is -2.03. The lowest BCUT2D eigenvalue weighted by atomic mass is 10.2. The van der Waals surface area contributed by atoms with Crippen LogP contribution in [0.3, 0.4) is 0 Å². The van der Waals surface area contributed by atoms with Crippen molar-refractivity contribution in [2.75, 3.05) is 7.11 Å². The van der Waals surface area contributed by atoms with Gasteiger partial charge in [-0.15, -0.1) is 0 Å². The SMILES string of the molecule is C/C=C\c1cc(F)ccc1OC. The summed E-state index contributed by atoms with van der Waals surface area (Å²) in [4.78, 5) is 0. The van der Waals surface area contributed by atoms with Crippen LogP contribution in [0.5, 0.6) is 5.75 Å². The first-order valence-electron chi connectivity index (χ1n) is 3.74. The molecule has 0 saturated carbocycles. The number of hydrogen-bond donors (Lipinski definition) is 0. The van der Waals surface area contributed by atoms with Crippen LogP contribution in [0.25, 0.3) is 6.08 Å². The minimum absolute atomic E-state index is 0.246. The molecule has 0 spiro atoms. The number of benzene rings is 1. The zero-order valence-corrected chi connectivity index (χ0v) is 7.17. The van der Waals surface area contributed by atoms with Crippen molar-refractivity contribution in [1.29, 1.82) is 0 Å². The monoisotopic (exact) mass is 166 g/mol. The molecule has 1 aromatic rings. The average molecular weight is 166 g/mol. The molecule has 0 aliphatic rings. The largest absolute Gasteiger partial charge is 0.496 e. The van der Waals surface area contributed by atoms with Gasteiger partial charge in [0.05, 0.1) is 7.11 Å². The summed E-state index contributed by atoms with van der Waals surface area (Å²) in [5.41, 5.74) is 0.764. The van der Waals surface area contributed by atoms with Gasteiger partial charge in [-0.05, 0) is 25.1 Å². The zero-order valence-electron chi connectivity index (χ0n) is 7.17. The van der Waals surface area contributed by atoms with Gasteiger partial charge < -0.3 is 4.74 Å². The fraction of sp³-hybridized carbons (Fsp3) is 0.200. The Bertz CT molecular complexity index is 292. The Balaban J connectivity index is 3.12. The highest BCUT2D eigenvalue weighted by molar-refractivity contribution is 5.56. The van der Waals surface area contributed by atoms with Crippen molar-refractivity contribution >= 4 is 6.08 Å². The highest BCUT2D eigenvalue weighted by Gasteiger charge is 1.99. The summed E-state index contributed by atoms with van der Waals surface area (Å²) in [6.45, 7) is 1.88. The van der Waals surface area contributed by atoms with Crippen molar-refractivity contribution in [3.8, 4) is 5.75 Å². The van der Waals surface area contributed by atoms with Crippen LogP contribution < -0.4 is 4.74 Å². The van der Waals surface area contributed by atoms with E-state index < -0.39 is 0 Å². The van der Waals surface area contributed by atoms with Gasteiger partial charge in [-0.1, -0.05) is 12.2 Å². The Hall–Kier alpha value is -1.31. The molecule has 0 bridgehead atoms. The average Bonchev–Trinajstić information content (AvgIpc) is 2.05. The van der Waals surface area contributed by atoms with E-state index in [9.17, 15) is 4.39 Å². The summed E-state index contributed by atoms with van der Waals surface area (Å²) in [5, 5.41) is 0. The van der Waals surface area contributed by atoms with Crippen LogP contribution in [0, 0.1) is 5.82 Å². The van der Waals surface area contributed by atoms with E-state index in [1.807, 2.05) is 19.1 Å². The molecular weight excluding hydrogens is 155 g/mol. The molecule has 0 fully saturated rings. The van der Waals surface area contributed by atoms with Crippen LogP contribution in [0.1, 0.15) is 12.5 Å². The topological polar surface area (TPSA) is 9.23 Å². The molecular formula is C10H11FO. The Kier molecular flexibility index (Phi) is 2.86. The van der Waals surface area contributed by atoms with Crippen molar-refractivity contribution in [2.45, 2.75) is 6.92 Å². The van der Waals surface area contributed by atoms with E-state index in [2.05, 4.69) is 0 Å². The second-order valence-electron chi connectivity index (χ2n) is 2.39. The van der Waals surface area contributed by atoms with Gasteiger partial charge in [0.1, 0.15) is 11.6 Å². The number of halogens is 1. The van der Waals surface area contributed by atoms with E-state index in [1.165, 1.54) is 12.1 Å². The molecule has 0 aromatic heterocycles. The highest BCUT2D eigenvalue weighted by atomic mass is 19.1. The third-order valence-electron chi connectivity index (χ3n) is 1.54. The summed E-state index contributed by atoms with van der Waals surface area (Å²) in [6.07, 6.45) is 3.65. The lowest BCUT2D eigenvalue weighted by Crippen LogP contribution is -1.87. The number of allylic oxidation sites excluding steroid dienone is 1. The van der Waals surface area contributed by atoms with E-state index in [0.29, 0.717) is 5.75 Å². The molecule has 1 rings (SSSR count). The number of rotatable bonds is 2. The Morgan fingerprint density at radius 3 is 2.75 bits per heavy atom. The molecule has 1 aromatic carbocycles. The highest BCUT2D eigenvalue weighted by Crippen LogP contribution is 2.20. The lowest BCUT2D eigenvalue weighted by molar-refractivity contribution is 0.412. The van der Waals surface area contributed by atoms with E-state index in [1.54, 1.807) is 13.2 Å². The summed E-state index contributed by atoms with van der Waals surface area (Å²) in [5.74, 6) is 0.443. The standard InChI is InChI=1S/C10H11FO/c1-3-4-8-7-9(11)5-6-10(8)12-2/h3-7H,1-2H3/b4-3-. The quantitative estimate of drug-likeness (QED) is 0.656. The van der Waals surface area contributed by atoms with E-state index in [0.717, 1.165) is 5.56 Å². The maximum absolute atomic E-state index is 12.7. The molecule has 1 nitrogen and oxygen atoms in total. The van der Waals surface area contributed by atoms with Gasteiger partial charge in [0.15, 0.2) is 0 Å². The predicted octanol–water partition coefficient (Wildman–Crippen LogP) is 2.87. The summed E-state index contributed by atoms with van der Waals surface area (Å²) >= 11 is 0. The van der Waals surface area contributed by atoms with Crippen molar-refractivity contribution in [3.63, 3.8) is 0 Å². The van der Waals surface area contributed by atoms with E-state index in [-0.39, 0.29) is 5.82 Å². The minimum atomic E-state index is -0.246. The van der Waals surface area contributed by atoms with Gasteiger partial charge in [-0.25, -0.2) is 4.39 Å². The Labute approximate surface area is 71.5 Å². The molecule has 0 radical (unpaired) electrons. The van der Waals surface area contributed by atoms with E-state index in [4.69, 9.17) is 4.74 Å². The van der Waals surface area contributed by atoms with Gasteiger partial charge in [0.2, 0.25) is 0 Å². The van der Waals surface area contributed by atoms with Crippen molar-refractivity contribution < 1.29 is 9.13 Å². The minimum Gasteiger partial charge on any atom is -0.496 e. The van der Waals surface area contributed by atoms with Crippen LogP contribution in [-0.4, -0.2) is 7.11 Å². The van der Waals surface area contributed by atoms with Gasteiger partial charge in [-0.2, -0.15) is 0 Å². The molecule has 0 aliphatic carbocycles. The normalized spacial score (nSPS) is 10.6. The van der Waals surface area contributed by atoms with Gasteiger partial charge in [-0.3, -0.25) is 0 Å². The Morgan fingerprint density at radius 2 is 2.17 bits per heavy atom. The van der Waals surface area contributed by atoms with Crippen LogP contribution in [-0.2, 0) is 0 Å². The number of methoxy groups -OCH3 is 1. The summed E-state index contributed by atoms with van der Waals surface area (Å²) < 4.78 is 17.8. The van der Waals surface area contributed by atoms with Gasteiger partial charge >= 0.3 is 0 Å². The molecule has 2 heteroatoms. The Morgan fingerprint density at radius 1 is 1.42 bits per heavy atom. The molecule has 12 heavy (non-hydrogen) atoms. The number of ether oxygens (including phenoxy) is 1. The third-order valence-corrected chi connectivity index (χ3v) is 1.54. The van der Waals surface area contributed by atoms with Crippen molar-refractivity contribution in [1.82, 2.24) is 0 Å². The maximum Gasteiger partial charge on any atom is 0.126 e. The second kappa shape index (κ2) is 3.90. The van der Waals surface area contributed by atoms with E-state index >= 15 is 0 Å². The van der Waals surface area contributed by atoms with Crippen molar-refractivity contribution in [3.05, 3.63) is 35.7 Å². The van der Waals surface area contributed by atoms with Crippen LogP contribution in [0.2, 0.25) is 0 Å². The molecule has 0 aliphatic heterocycles. The molecule has 0 saturated heterocycles. The maximum atomic E-state index is 12.7. The van der Waals surface area contributed by atoms with Crippen LogP contribution >= 0.6 is 0 Å². The smallest absolute Gasteiger partial charge is 0.126 e. The molecule has 0 N–H and O–H groups in total. The molecule has 0 atom stereocenters. The molecule has 0 unspecified atom stereocenters. The fourth-order valence-electron chi connectivity index (χ4n) is 1.02. The molecule has 0 amide bonds. The first-order chi connectivity index (χ1) is 5.77. The van der Waals surface area contributed by atoms with Crippen molar-refractivity contribution in [2.24, 2.45) is 0 Å². The van der Waals surface area contributed by atoms with Crippen LogP contribution in [0.4, 0.5) is 4.39 Å². The molecule has 0 heterocycles. The fourth-order valence-corrected chi connectivity index (χ4v) is 1.02. The first kappa shape index (κ1) is 8.78. The predicted molar refractivity (Wildman–Crippen MR) is 47.7 cm³/mol. The zero-order chi connectivity index (χ0) is 8.97. The first-order valence-corrected chi connectivity index (χ1v) is 3.74. The second-order valence-corrected chi connectivity index (χ2v) is 2.39. The van der Waals surface area contributed by atoms with Gasteiger partial charge in [0.25, 0.3) is 0 Å². The van der Waals surface area contributed by atoms with Gasteiger partial charge in [0, 0.05) is 5.56 Å². The molecule has 64 valence electrons. The van der Waals surface area contributed by atoms with Crippen LogP contribution in [0.15, 0.2) is 24.3 Å².